The summed E-state index contributed by atoms with van der Waals surface area (Å²) in [4.78, 5) is 0. The van der Waals surface area contributed by atoms with Gasteiger partial charge in [-0.25, -0.2) is 4.68 Å². The summed E-state index contributed by atoms with van der Waals surface area (Å²) >= 11 is 0. The normalized spacial score (nSPS) is 10.9. The Balaban J connectivity index is 2.15. The number of benzene rings is 1. The fourth-order valence-corrected chi connectivity index (χ4v) is 2.05. The molecule has 1 aromatic carbocycles. The molecule has 7 nitrogen and oxygen atoms in total. The number of nitrogen functional groups attached to an aromatic ring is 1. The fourth-order valence-electron chi connectivity index (χ4n) is 2.05. The van der Waals surface area contributed by atoms with Crippen LogP contribution >= 0.6 is 0 Å². The van der Waals surface area contributed by atoms with Gasteiger partial charge in [-0.2, -0.15) is 10.2 Å². The van der Waals surface area contributed by atoms with Crippen molar-refractivity contribution < 1.29 is 10.0 Å². The molecule has 0 radical (unpaired) electrons. The molecule has 100 valence electrons. The van der Waals surface area contributed by atoms with Gasteiger partial charge >= 0.3 is 7.12 Å². The Morgan fingerprint density at radius 2 is 2.00 bits per heavy atom. The lowest BCUT2D eigenvalue weighted by atomic mass is 9.83. The van der Waals surface area contributed by atoms with Crippen molar-refractivity contribution in [2.75, 3.05) is 5.73 Å². The smallest absolute Gasteiger partial charge is 0.423 e. The molecule has 3 rings (SSSR count). The third kappa shape index (κ3) is 2.00. The van der Waals surface area contributed by atoms with Gasteiger partial charge in [-0.15, -0.1) is 5.10 Å². The molecule has 0 spiro atoms. The van der Waals surface area contributed by atoms with E-state index >= 15 is 0 Å². The van der Waals surface area contributed by atoms with Crippen LogP contribution in [0.25, 0.3) is 16.5 Å². The van der Waals surface area contributed by atoms with Crippen LogP contribution in [0.3, 0.4) is 0 Å². The van der Waals surface area contributed by atoms with Crippen molar-refractivity contribution in [3.63, 3.8) is 0 Å². The number of anilines is 1. The Morgan fingerprint density at radius 1 is 1.20 bits per heavy atom. The molecule has 0 fully saturated rings. The molecular formula is C12H12BN5O2. The molecule has 8 heteroatoms. The largest absolute Gasteiger partial charge is 0.491 e. The monoisotopic (exact) mass is 269 g/mol. The van der Waals surface area contributed by atoms with E-state index in [1.165, 1.54) is 6.20 Å². The highest BCUT2D eigenvalue weighted by atomic mass is 16.4. The first-order valence-corrected chi connectivity index (χ1v) is 6.00. The van der Waals surface area contributed by atoms with E-state index in [0.717, 1.165) is 22.2 Å². The summed E-state index contributed by atoms with van der Waals surface area (Å²) in [6, 6.07) is 5.56. The first-order valence-electron chi connectivity index (χ1n) is 6.00. The lowest BCUT2D eigenvalue weighted by molar-refractivity contribution is 0.426. The molecule has 0 amide bonds. The van der Waals surface area contributed by atoms with Gasteiger partial charge in [0.1, 0.15) is 0 Å². The summed E-state index contributed by atoms with van der Waals surface area (Å²) in [5.74, 6) is 0.379. The van der Waals surface area contributed by atoms with Crippen molar-refractivity contribution in [1.29, 1.82) is 0 Å². The van der Waals surface area contributed by atoms with E-state index in [1.54, 1.807) is 10.9 Å². The van der Waals surface area contributed by atoms with Gasteiger partial charge < -0.3 is 15.8 Å². The van der Waals surface area contributed by atoms with Gasteiger partial charge in [-0.05, 0) is 25.1 Å². The van der Waals surface area contributed by atoms with E-state index in [2.05, 4.69) is 15.3 Å². The second kappa shape index (κ2) is 4.59. The van der Waals surface area contributed by atoms with Crippen molar-refractivity contribution in [2.24, 2.45) is 0 Å². The molecule has 0 aliphatic rings. The Hall–Kier alpha value is -2.45. The third-order valence-electron chi connectivity index (χ3n) is 3.14. The maximum atomic E-state index is 9.10. The van der Waals surface area contributed by atoms with Gasteiger partial charge in [0.05, 0.1) is 11.4 Å². The van der Waals surface area contributed by atoms with Crippen molar-refractivity contribution in [1.82, 2.24) is 20.0 Å². The molecule has 0 aliphatic heterocycles. The van der Waals surface area contributed by atoms with Crippen LogP contribution < -0.4 is 11.2 Å². The molecule has 3 aromatic rings. The third-order valence-corrected chi connectivity index (χ3v) is 3.14. The van der Waals surface area contributed by atoms with Crippen LogP contribution in [0.5, 0.6) is 0 Å². The van der Waals surface area contributed by atoms with Crippen LogP contribution in [-0.2, 0) is 0 Å². The van der Waals surface area contributed by atoms with E-state index < -0.39 is 7.12 Å². The molecule has 0 saturated carbocycles. The summed E-state index contributed by atoms with van der Waals surface area (Å²) in [5, 5.41) is 31.9. The van der Waals surface area contributed by atoms with Gasteiger partial charge in [0, 0.05) is 28.6 Å². The van der Waals surface area contributed by atoms with E-state index in [9.17, 15) is 0 Å². The molecule has 0 aliphatic carbocycles. The first kappa shape index (κ1) is 12.6. The van der Waals surface area contributed by atoms with Gasteiger partial charge in [0.2, 0.25) is 0 Å². The predicted octanol–water partition coefficient (Wildman–Crippen LogP) is -0.614. The maximum Gasteiger partial charge on any atom is 0.491 e. The molecule has 20 heavy (non-hydrogen) atoms. The van der Waals surface area contributed by atoms with Crippen molar-refractivity contribution in [3.8, 4) is 5.69 Å². The van der Waals surface area contributed by atoms with Gasteiger partial charge in [0.15, 0.2) is 5.82 Å². The lowest BCUT2D eigenvalue weighted by Crippen LogP contribution is -2.28. The minimum atomic E-state index is -1.53. The second-order valence-corrected chi connectivity index (χ2v) is 4.49. The van der Waals surface area contributed by atoms with E-state index in [-0.39, 0.29) is 0 Å². The summed E-state index contributed by atoms with van der Waals surface area (Å²) < 4.78 is 1.56. The summed E-state index contributed by atoms with van der Waals surface area (Å²) in [6.07, 6.45) is 2.96. The van der Waals surface area contributed by atoms with Crippen LogP contribution in [0.2, 0.25) is 0 Å². The fraction of sp³-hybridized carbons (Fsp3) is 0.0833. The Kier molecular flexibility index (Phi) is 2.88. The highest BCUT2D eigenvalue weighted by molar-refractivity contribution is 6.58. The minimum absolute atomic E-state index is 0.328. The Bertz CT molecular complexity index is 787. The summed E-state index contributed by atoms with van der Waals surface area (Å²) in [5.41, 5.74) is 7.67. The predicted molar refractivity (Wildman–Crippen MR) is 75.6 cm³/mol. The quantitative estimate of drug-likeness (QED) is 0.535. The topological polar surface area (TPSA) is 110 Å². The minimum Gasteiger partial charge on any atom is -0.423 e. The molecule has 2 heterocycles. The van der Waals surface area contributed by atoms with Crippen molar-refractivity contribution >= 4 is 29.2 Å². The number of nitrogens with two attached hydrogens (primary N) is 1. The molecule has 0 bridgehead atoms. The number of hydrogen-bond donors (Lipinski definition) is 3. The van der Waals surface area contributed by atoms with Crippen LogP contribution in [0.15, 0.2) is 30.6 Å². The number of aromatic nitrogens is 4. The molecule has 0 unspecified atom stereocenters. The average Bonchev–Trinajstić information content (AvgIpc) is 2.93. The van der Waals surface area contributed by atoms with Gasteiger partial charge in [0.25, 0.3) is 0 Å². The number of nitrogens with zero attached hydrogens (tertiary/aromatic N) is 4. The molecule has 0 atom stereocenters. The molecular weight excluding hydrogens is 257 g/mol. The Labute approximate surface area is 114 Å². The lowest BCUT2D eigenvalue weighted by Gasteiger charge is -2.06. The number of rotatable bonds is 2. The summed E-state index contributed by atoms with van der Waals surface area (Å²) in [7, 11) is -1.53. The van der Waals surface area contributed by atoms with E-state index in [1.807, 2.05) is 25.1 Å². The average molecular weight is 269 g/mol. The molecule has 0 saturated heterocycles. The Morgan fingerprint density at radius 3 is 2.70 bits per heavy atom. The maximum absolute atomic E-state index is 9.10. The zero-order valence-corrected chi connectivity index (χ0v) is 10.7. The molecule has 4 N–H and O–H groups in total. The van der Waals surface area contributed by atoms with Gasteiger partial charge in [-0.1, -0.05) is 0 Å². The number of fused-ring (bicyclic) bond motifs is 1. The van der Waals surface area contributed by atoms with Crippen LogP contribution in [0.4, 0.5) is 5.82 Å². The van der Waals surface area contributed by atoms with Crippen LogP contribution in [0, 0.1) is 6.92 Å². The first-order chi connectivity index (χ1) is 9.56. The molecule has 2 aromatic heterocycles. The highest BCUT2D eigenvalue weighted by Crippen LogP contribution is 2.23. The van der Waals surface area contributed by atoms with E-state index in [0.29, 0.717) is 11.3 Å². The van der Waals surface area contributed by atoms with Gasteiger partial charge in [-0.3, -0.25) is 0 Å². The van der Waals surface area contributed by atoms with Crippen LogP contribution in [-0.4, -0.2) is 37.1 Å². The zero-order chi connectivity index (χ0) is 14.3. The summed E-state index contributed by atoms with van der Waals surface area (Å²) in [6.45, 7) is 1.85. The van der Waals surface area contributed by atoms with Crippen LogP contribution in [0.1, 0.15) is 5.69 Å². The highest BCUT2D eigenvalue weighted by Gasteiger charge is 2.14. The number of aryl methyl sites for hydroxylation is 1. The standard InChI is InChI=1S/C12H12BN5O2/c1-7-11-4-9(2-3-10(11)12(14)17-16-7)18-6-8(5-15-18)13(19)20/h2-6,19-20H,1H3,(H2,14,17). The SMILES string of the molecule is Cc1nnc(N)c2ccc(-n3cc(B(O)O)cn3)cc12. The van der Waals surface area contributed by atoms with E-state index in [4.69, 9.17) is 15.8 Å². The zero-order valence-electron chi connectivity index (χ0n) is 10.7. The van der Waals surface area contributed by atoms with Crippen molar-refractivity contribution in [2.45, 2.75) is 6.92 Å². The van der Waals surface area contributed by atoms with Crippen molar-refractivity contribution in [3.05, 3.63) is 36.3 Å². The second-order valence-electron chi connectivity index (χ2n) is 4.49. The number of hydrogen-bond acceptors (Lipinski definition) is 6.